The topological polar surface area (TPSA) is 145 Å². The van der Waals surface area contributed by atoms with Crippen LogP contribution in [0.25, 0.3) is 98.4 Å². The molecule has 0 radical (unpaired) electrons. The van der Waals surface area contributed by atoms with E-state index in [0.29, 0.717) is 16.5 Å². The number of ketones is 1. The molecule has 0 saturated carbocycles. The number of benzene rings is 22. The second-order valence-electron chi connectivity index (χ2n) is 34.4. The summed E-state index contributed by atoms with van der Waals surface area (Å²) in [5, 5.41) is 58.6. The van der Waals surface area contributed by atoms with Gasteiger partial charge in [-0.05, 0) is 194 Å². The fourth-order valence-corrected chi connectivity index (χ4v) is 21.3. The molecule has 0 saturated heterocycles. The smallest absolute Gasteiger partial charge is 0.465 e. The van der Waals surface area contributed by atoms with Gasteiger partial charge in [-0.25, -0.2) is 4.79 Å². The molecule has 0 atom stereocenters. The lowest BCUT2D eigenvalue weighted by Gasteiger charge is -2.34. The molecule has 24 rings (SSSR count). The number of hydrogen-bond acceptors (Lipinski definition) is 8. The zero-order chi connectivity index (χ0) is 97.2. The van der Waals surface area contributed by atoms with E-state index in [-0.39, 0.29) is 22.6 Å². The molecule has 2 aliphatic carbocycles. The van der Waals surface area contributed by atoms with Gasteiger partial charge in [-0.2, -0.15) is 0 Å². The number of ether oxygens (including phenoxy) is 1. The Morgan fingerprint density at radius 1 is 0.277 bits per heavy atom. The highest BCUT2D eigenvalue weighted by Crippen LogP contribution is 2.60. The lowest BCUT2D eigenvalue weighted by molar-refractivity contribution is 0.0599. The van der Waals surface area contributed by atoms with Crippen molar-refractivity contribution >= 4 is 123 Å². The number of fused-ring (bicyclic) bond motifs is 13. The minimum atomic E-state index is -1.34. The van der Waals surface area contributed by atoms with Crippen LogP contribution in [0.1, 0.15) is 88.8 Å². The minimum absolute atomic E-state index is 0.101. The number of aliphatic hydroxyl groups is 1. The summed E-state index contributed by atoms with van der Waals surface area (Å²) in [7, 11) is -1.30. The number of esters is 1. The van der Waals surface area contributed by atoms with Crippen molar-refractivity contribution in [2.24, 2.45) is 0 Å². The minimum Gasteiger partial charge on any atom is -0.465 e. The van der Waals surface area contributed by atoms with Crippen molar-refractivity contribution in [2.75, 3.05) is 7.11 Å². The van der Waals surface area contributed by atoms with E-state index in [0.717, 1.165) is 85.8 Å². The molecule has 8 nitrogen and oxygen atoms in total. The summed E-state index contributed by atoms with van der Waals surface area (Å²) in [5.74, 6) is -0.225. The molecule has 0 unspecified atom stereocenters. The number of rotatable bonds is 13. The van der Waals surface area contributed by atoms with Gasteiger partial charge in [-0.1, -0.05) is 532 Å². The van der Waals surface area contributed by atoms with Gasteiger partial charge in [0, 0.05) is 25.6 Å². The first-order valence-corrected chi connectivity index (χ1v) is 48.4. The van der Waals surface area contributed by atoms with Crippen molar-refractivity contribution in [2.45, 2.75) is 23.4 Å². The van der Waals surface area contributed by atoms with Gasteiger partial charge >= 0.3 is 20.2 Å². The largest absolute Gasteiger partial charge is 0.488 e. The average Bonchev–Trinajstić information content (AvgIpc) is 1.54. The quantitative estimate of drug-likeness (QED) is 0.0332. The number of Topliss-reactive ketones (excluding diaryl/α,β-unsaturated/α-hetero) is 1. The Labute approximate surface area is 839 Å². The zero-order valence-corrected chi connectivity index (χ0v) is 80.8. The van der Waals surface area contributed by atoms with Crippen LogP contribution in [-0.4, -0.2) is 58.3 Å². The number of carbonyl (C=O) groups is 2. The predicted octanol–water partition coefficient (Wildman–Crippen LogP) is 28.8. The molecule has 0 amide bonds. The lowest BCUT2D eigenvalue weighted by Crippen LogP contribution is -2.29. The highest BCUT2D eigenvalue weighted by Gasteiger charge is 2.49. The zero-order valence-electron chi connectivity index (χ0n) is 77.6. The van der Waals surface area contributed by atoms with Gasteiger partial charge in [0.05, 0.1) is 23.5 Å². The molecule has 12 heteroatoms. The molecule has 0 bridgehead atoms. The molecule has 22 aromatic carbocycles. The maximum Gasteiger partial charge on any atom is 0.488 e. The van der Waals surface area contributed by atoms with Crippen molar-refractivity contribution in [1.29, 1.82) is 0 Å². The molecule has 0 spiro atoms. The standard InChI is InChI=1S/C29H19Br.C29H22O.C29H20.C18H14O.C12H9BrO2.2C6H7BO2/c30-27-19-26-28(23-16-8-7-15-22(23)27)24-17-9-10-18-25(24)29(26,20-11-3-1-4-12-20)21-13-5-2-6-14-21;30-29(24-15-6-2-7-16-24,25-17-8-3-9-18-25)27-21-20-22-12-10-11-19-26(22)28(27)23-13-4-1-5-14-23;1-3-12-22(13-4-1)29(23-14-5-2-6-15-23)26-18-10-9-17-25(26)28-24-16-8-7-11-21(24)19-20-27(28)29;1-13(19)16-12-11-14-7-5-6-10-17(14)18(16)15-8-3-2-4-9-15;1-15-12(14)10-7-6-8-4-2-3-5-9(8)11(10)13;2*8-7(9)6-4-2-1-3-5-6/h1-19H;1-21,30H;1-20H;2-12H,1H3;2-7H,1H3;2*1-5,8-9H. The van der Waals surface area contributed by atoms with E-state index >= 15 is 0 Å². The SMILES string of the molecule is Brc1cc2c(c3ccccc13)-c1ccccc1C2(c1ccccc1)c1ccccc1.CC(=O)c1ccc2ccccc2c1-c1ccccc1.COC(=O)c1ccc2ccccc2c1Br.OB(O)c1ccccc1.OB(O)c1ccccc1.OC(c1ccccc1)(c1ccccc1)c1ccc2ccccc2c1-c1ccccc1.c1ccc(C2(c3ccccc3)c3ccccc3-c3c2ccc2ccccc32)cc1. The Morgan fingerprint density at radius 2 is 0.574 bits per heavy atom. The van der Waals surface area contributed by atoms with Crippen molar-refractivity contribution in [1.82, 2.24) is 0 Å². The Kier molecular flexibility index (Phi) is 29.7. The number of carbonyl (C=O) groups excluding carboxylic acids is 2. The van der Waals surface area contributed by atoms with E-state index in [1.165, 1.54) is 95.4 Å². The summed E-state index contributed by atoms with van der Waals surface area (Å²) in [5.41, 5.74) is 23.3. The number of hydrogen-bond donors (Lipinski definition) is 5. The van der Waals surface area contributed by atoms with Gasteiger partial charge in [0.15, 0.2) is 5.78 Å². The van der Waals surface area contributed by atoms with Crippen molar-refractivity contribution in [3.8, 4) is 44.5 Å². The van der Waals surface area contributed by atoms with Gasteiger partial charge in [-0.15, -0.1) is 0 Å². The van der Waals surface area contributed by atoms with E-state index < -0.39 is 19.8 Å². The molecule has 2 aliphatic rings. The fraction of sp³-hybridized carbons (Fsp3) is 0.0388. The second-order valence-corrected chi connectivity index (χ2v) is 36.1. The predicted molar refractivity (Wildman–Crippen MR) is 589 cm³/mol. The van der Waals surface area contributed by atoms with Crippen LogP contribution in [-0.2, 0) is 21.2 Å². The van der Waals surface area contributed by atoms with Gasteiger partial charge in [0.25, 0.3) is 0 Å². The van der Waals surface area contributed by atoms with Crippen LogP contribution in [0, 0.1) is 0 Å². The third kappa shape index (κ3) is 19.4. The normalized spacial score (nSPS) is 11.9. The first-order valence-electron chi connectivity index (χ1n) is 46.9. The molecule has 0 fully saturated rings. The summed E-state index contributed by atoms with van der Waals surface area (Å²) in [4.78, 5) is 23.3. The molecule has 682 valence electrons. The van der Waals surface area contributed by atoms with Crippen molar-refractivity contribution < 1.29 is 39.5 Å². The van der Waals surface area contributed by atoms with E-state index in [4.69, 9.17) is 24.8 Å². The monoisotopic (exact) mass is 1950 g/mol. The van der Waals surface area contributed by atoms with Crippen LogP contribution < -0.4 is 10.9 Å². The fourth-order valence-electron chi connectivity index (χ4n) is 20.0. The van der Waals surface area contributed by atoms with E-state index in [1.54, 1.807) is 61.5 Å². The number of methoxy groups -OCH3 is 1. The molecular weight excluding hydrogens is 1860 g/mol. The van der Waals surface area contributed by atoms with Crippen LogP contribution in [0.5, 0.6) is 0 Å². The third-order valence-corrected chi connectivity index (χ3v) is 27.9. The first kappa shape index (κ1) is 95.5. The molecule has 0 aliphatic heterocycles. The third-order valence-electron chi connectivity index (χ3n) is 26.4. The summed E-state index contributed by atoms with van der Waals surface area (Å²) in [6.45, 7) is 1.62. The maximum absolute atomic E-state index is 12.4. The van der Waals surface area contributed by atoms with Crippen LogP contribution in [0.15, 0.2) is 537 Å². The van der Waals surface area contributed by atoms with Crippen LogP contribution in [0.4, 0.5) is 0 Å². The molecule has 141 heavy (non-hydrogen) atoms. The first-order chi connectivity index (χ1) is 69.1. The van der Waals surface area contributed by atoms with Gasteiger partial charge in [0.2, 0.25) is 0 Å². The molecule has 0 heterocycles. The average molecular weight is 1960 g/mol. The van der Waals surface area contributed by atoms with Gasteiger partial charge in [-0.3, -0.25) is 4.79 Å². The summed E-state index contributed by atoms with van der Waals surface area (Å²) in [6, 6.07) is 180. The second kappa shape index (κ2) is 43.9. The number of halogens is 2. The maximum atomic E-state index is 12.4. The summed E-state index contributed by atoms with van der Waals surface area (Å²) < 4.78 is 6.62. The molecule has 22 aromatic rings. The van der Waals surface area contributed by atoms with Crippen molar-refractivity contribution in [3.63, 3.8) is 0 Å². The highest BCUT2D eigenvalue weighted by molar-refractivity contribution is 9.11. The van der Waals surface area contributed by atoms with Gasteiger partial charge in [0.1, 0.15) is 5.60 Å². The Morgan fingerprint density at radius 3 is 0.979 bits per heavy atom. The Hall–Kier alpha value is -15.8. The summed E-state index contributed by atoms with van der Waals surface area (Å²) in [6.07, 6.45) is 0. The lowest BCUT2D eigenvalue weighted by atomic mass is 9.67. The molecular formula is C129H98B2Br2O8. The van der Waals surface area contributed by atoms with Crippen LogP contribution in [0.2, 0.25) is 0 Å². The van der Waals surface area contributed by atoms with Crippen molar-refractivity contribution in [3.05, 3.63) is 609 Å². The van der Waals surface area contributed by atoms with Crippen LogP contribution >= 0.6 is 31.9 Å². The summed E-state index contributed by atoms with van der Waals surface area (Å²) >= 11 is 7.31. The van der Waals surface area contributed by atoms with E-state index in [1.807, 2.05) is 176 Å². The van der Waals surface area contributed by atoms with Gasteiger partial charge < -0.3 is 29.9 Å². The Bertz CT molecular complexity index is 7930. The molecule has 0 aromatic heterocycles. The highest BCUT2D eigenvalue weighted by atomic mass is 79.9. The van der Waals surface area contributed by atoms with E-state index in [9.17, 15) is 14.7 Å². The van der Waals surface area contributed by atoms with E-state index in [2.05, 4.69) is 329 Å². The van der Waals surface area contributed by atoms with Crippen LogP contribution in [0.3, 0.4) is 0 Å². The molecule has 5 N–H and O–H groups in total. The Balaban J connectivity index is 0.000000113.